The van der Waals surface area contributed by atoms with Crippen LogP contribution < -0.4 is 4.74 Å². The maximum Gasteiger partial charge on any atom is 0.146 e. The molecule has 3 aromatic carbocycles. The van der Waals surface area contributed by atoms with E-state index in [1.54, 1.807) is 0 Å². The highest BCUT2D eigenvalue weighted by atomic mass is 79.9. The number of benzene rings is 3. The zero-order chi connectivity index (χ0) is 16.7. The smallest absolute Gasteiger partial charge is 0.146 e. The molecule has 0 amide bonds. The number of hydrogen-bond donors (Lipinski definition) is 1. The summed E-state index contributed by atoms with van der Waals surface area (Å²) in [6.07, 6.45) is 0. The van der Waals surface area contributed by atoms with Gasteiger partial charge in [0.1, 0.15) is 28.3 Å². The molecule has 118 valence electrons. The van der Waals surface area contributed by atoms with Gasteiger partial charge in [0, 0.05) is 10.5 Å². The Labute approximate surface area is 146 Å². The summed E-state index contributed by atoms with van der Waals surface area (Å²) < 4.78 is 6.65. The molecule has 24 heavy (non-hydrogen) atoms. The predicted octanol–water partition coefficient (Wildman–Crippen LogP) is 5.35. The lowest BCUT2D eigenvalue weighted by Gasteiger charge is -2.09. The summed E-state index contributed by atoms with van der Waals surface area (Å²) >= 11 is 3.50. The van der Waals surface area contributed by atoms with E-state index in [2.05, 4.69) is 25.9 Å². The number of nitrogens with zero attached hydrogens (tertiary/aromatic N) is 2. The minimum atomic E-state index is 0.159. The van der Waals surface area contributed by atoms with Crippen LogP contribution in [-0.4, -0.2) is 15.1 Å². The maximum atomic E-state index is 10.2. The number of aromatic hydroxyl groups is 1. The number of aryl methyl sites for hydroxylation is 1. The van der Waals surface area contributed by atoms with E-state index < -0.39 is 0 Å². The lowest BCUT2D eigenvalue weighted by molar-refractivity contribution is 0.476. The first-order valence-electron chi connectivity index (χ1n) is 7.44. The van der Waals surface area contributed by atoms with Crippen LogP contribution in [0.1, 0.15) is 5.56 Å². The van der Waals surface area contributed by atoms with Gasteiger partial charge in [0.2, 0.25) is 0 Å². The van der Waals surface area contributed by atoms with Crippen LogP contribution in [0.4, 0.5) is 0 Å². The molecule has 0 aliphatic rings. The minimum absolute atomic E-state index is 0.159. The first kappa shape index (κ1) is 14.9. The monoisotopic (exact) mass is 380 g/mol. The van der Waals surface area contributed by atoms with E-state index in [9.17, 15) is 5.11 Å². The third-order valence-corrected chi connectivity index (χ3v) is 4.39. The molecule has 0 saturated heterocycles. The van der Waals surface area contributed by atoms with Crippen LogP contribution in [0.15, 0.2) is 59.1 Å². The Kier molecular flexibility index (Phi) is 3.58. The van der Waals surface area contributed by atoms with Crippen molar-refractivity contribution in [3.8, 4) is 17.2 Å². The van der Waals surface area contributed by atoms with E-state index >= 15 is 0 Å². The zero-order valence-corrected chi connectivity index (χ0v) is 14.4. The molecule has 0 aliphatic heterocycles. The van der Waals surface area contributed by atoms with Gasteiger partial charge in [-0.3, -0.25) is 0 Å². The lowest BCUT2D eigenvalue weighted by Crippen LogP contribution is -1.92. The molecule has 0 saturated carbocycles. The Bertz CT molecular complexity index is 1070. The summed E-state index contributed by atoms with van der Waals surface area (Å²) in [7, 11) is 0. The molecule has 4 aromatic rings. The number of para-hydroxylation sites is 1. The second kappa shape index (κ2) is 5.76. The highest BCUT2D eigenvalue weighted by Crippen LogP contribution is 2.34. The maximum absolute atomic E-state index is 10.2. The van der Waals surface area contributed by atoms with Crippen molar-refractivity contribution in [2.45, 2.75) is 6.92 Å². The largest absolute Gasteiger partial charge is 0.505 e. The third kappa shape index (κ3) is 2.57. The number of phenolic OH excluding ortho intramolecular Hbond substituents is 1. The van der Waals surface area contributed by atoms with E-state index in [0.29, 0.717) is 27.8 Å². The Morgan fingerprint density at radius 2 is 1.62 bits per heavy atom. The number of hydrogen-bond acceptors (Lipinski definition) is 4. The summed E-state index contributed by atoms with van der Waals surface area (Å²) in [5, 5.41) is 10.2. The second-order valence-electron chi connectivity index (χ2n) is 5.51. The summed E-state index contributed by atoms with van der Waals surface area (Å²) in [5.74, 6) is 1.61. The van der Waals surface area contributed by atoms with Crippen molar-refractivity contribution in [1.29, 1.82) is 0 Å². The third-order valence-electron chi connectivity index (χ3n) is 3.78. The van der Waals surface area contributed by atoms with Gasteiger partial charge in [-0.15, -0.1) is 0 Å². The van der Waals surface area contributed by atoms with Crippen molar-refractivity contribution in [2.24, 2.45) is 0 Å². The number of ether oxygens (including phenoxy) is 1. The SMILES string of the molecule is Cc1cc(Br)c2nc3cc(Oc4ccccc4)ccc3nc2c1O. The summed E-state index contributed by atoms with van der Waals surface area (Å²) in [4.78, 5) is 9.18. The van der Waals surface area contributed by atoms with Crippen molar-refractivity contribution in [3.05, 3.63) is 64.6 Å². The average molecular weight is 381 g/mol. The van der Waals surface area contributed by atoms with Crippen molar-refractivity contribution >= 4 is 38.0 Å². The first-order valence-corrected chi connectivity index (χ1v) is 8.23. The number of phenols is 1. The predicted molar refractivity (Wildman–Crippen MR) is 97.7 cm³/mol. The fraction of sp³-hybridized carbons (Fsp3) is 0.0526. The second-order valence-corrected chi connectivity index (χ2v) is 6.36. The molecule has 4 nitrogen and oxygen atoms in total. The molecule has 0 atom stereocenters. The van der Waals surface area contributed by atoms with E-state index in [-0.39, 0.29) is 5.75 Å². The highest BCUT2D eigenvalue weighted by Gasteiger charge is 2.12. The van der Waals surface area contributed by atoms with Crippen molar-refractivity contribution < 1.29 is 9.84 Å². The van der Waals surface area contributed by atoms with Crippen molar-refractivity contribution in [3.63, 3.8) is 0 Å². The molecular formula is C19H13BrN2O2. The molecule has 5 heteroatoms. The van der Waals surface area contributed by atoms with Gasteiger partial charge in [0.25, 0.3) is 0 Å². The average Bonchev–Trinajstić information content (AvgIpc) is 2.59. The van der Waals surface area contributed by atoms with E-state index in [1.807, 2.05) is 61.5 Å². The van der Waals surface area contributed by atoms with E-state index in [4.69, 9.17) is 4.74 Å². The fourth-order valence-electron chi connectivity index (χ4n) is 2.57. The Balaban J connectivity index is 1.86. The van der Waals surface area contributed by atoms with Crippen LogP contribution in [0.5, 0.6) is 17.2 Å². The summed E-state index contributed by atoms with van der Waals surface area (Å²) in [5.41, 5.74) is 3.29. The van der Waals surface area contributed by atoms with Gasteiger partial charge in [-0.05, 0) is 58.7 Å². The van der Waals surface area contributed by atoms with Crippen LogP contribution >= 0.6 is 15.9 Å². The van der Waals surface area contributed by atoms with Crippen LogP contribution in [0.2, 0.25) is 0 Å². The standard InChI is InChI=1S/C19H13BrN2O2/c1-11-9-14(20)17-18(19(11)23)21-15-8-7-13(10-16(15)22-17)24-12-5-3-2-4-6-12/h2-10,23H,1H3. The molecule has 0 bridgehead atoms. The number of aromatic nitrogens is 2. The van der Waals surface area contributed by atoms with Crippen LogP contribution in [-0.2, 0) is 0 Å². The van der Waals surface area contributed by atoms with E-state index in [1.165, 1.54) is 0 Å². The van der Waals surface area contributed by atoms with Crippen molar-refractivity contribution in [1.82, 2.24) is 9.97 Å². The molecule has 0 unspecified atom stereocenters. The number of halogens is 1. The Hall–Kier alpha value is -2.66. The number of fused-ring (bicyclic) bond motifs is 2. The normalized spacial score (nSPS) is 11.1. The van der Waals surface area contributed by atoms with Gasteiger partial charge in [-0.25, -0.2) is 9.97 Å². The minimum Gasteiger partial charge on any atom is -0.505 e. The lowest BCUT2D eigenvalue weighted by atomic mass is 10.1. The molecular weight excluding hydrogens is 368 g/mol. The van der Waals surface area contributed by atoms with Gasteiger partial charge < -0.3 is 9.84 Å². The van der Waals surface area contributed by atoms with Crippen LogP contribution in [0, 0.1) is 6.92 Å². The number of rotatable bonds is 2. The van der Waals surface area contributed by atoms with Crippen LogP contribution in [0.3, 0.4) is 0 Å². The Morgan fingerprint density at radius 1 is 0.875 bits per heavy atom. The van der Waals surface area contributed by atoms with Crippen molar-refractivity contribution in [2.75, 3.05) is 0 Å². The van der Waals surface area contributed by atoms with Gasteiger partial charge >= 0.3 is 0 Å². The molecule has 1 aromatic heterocycles. The van der Waals surface area contributed by atoms with Crippen LogP contribution in [0.25, 0.3) is 22.1 Å². The molecule has 0 spiro atoms. The van der Waals surface area contributed by atoms with Gasteiger partial charge in [0.15, 0.2) is 0 Å². The topological polar surface area (TPSA) is 55.2 Å². The quantitative estimate of drug-likeness (QED) is 0.476. The summed E-state index contributed by atoms with van der Waals surface area (Å²) in [6.45, 7) is 1.84. The molecule has 0 aliphatic carbocycles. The van der Waals surface area contributed by atoms with Gasteiger partial charge in [-0.2, -0.15) is 0 Å². The van der Waals surface area contributed by atoms with Gasteiger partial charge in [0.05, 0.1) is 11.0 Å². The van der Waals surface area contributed by atoms with Gasteiger partial charge in [-0.1, -0.05) is 18.2 Å². The Morgan fingerprint density at radius 3 is 2.42 bits per heavy atom. The highest BCUT2D eigenvalue weighted by molar-refractivity contribution is 9.10. The molecule has 0 radical (unpaired) electrons. The summed E-state index contributed by atoms with van der Waals surface area (Å²) in [6, 6.07) is 16.9. The zero-order valence-electron chi connectivity index (χ0n) is 12.8. The molecule has 0 fully saturated rings. The molecule has 4 rings (SSSR count). The van der Waals surface area contributed by atoms with E-state index in [0.717, 1.165) is 15.8 Å². The molecule has 1 N–H and O–H groups in total. The molecule has 1 heterocycles. The fourth-order valence-corrected chi connectivity index (χ4v) is 3.19. The first-order chi connectivity index (χ1) is 11.6.